The fourth-order valence-electron chi connectivity index (χ4n) is 2.14. The molecule has 3 aromatic rings. The molecule has 9 heteroatoms. The molecule has 0 spiro atoms. The van der Waals surface area contributed by atoms with Gasteiger partial charge in [0, 0.05) is 24.0 Å². The van der Waals surface area contributed by atoms with Crippen molar-refractivity contribution >= 4 is 23.6 Å². The van der Waals surface area contributed by atoms with Crippen molar-refractivity contribution in [1.29, 1.82) is 0 Å². The van der Waals surface area contributed by atoms with E-state index in [9.17, 15) is 15.2 Å². The maximum atomic E-state index is 10.9. The van der Waals surface area contributed by atoms with E-state index in [1.807, 2.05) is 0 Å². The van der Waals surface area contributed by atoms with E-state index < -0.39 is 16.4 Å². The topological polar surface area (TPSA) is 126 Å². The highest BCUT2D eigenvalue weighted by Crippen LogP contribution is 2.27. The molecule has 0 amide bonds. The predicted octanol–water partition coefficient (Wildman–Crippen LogP) is 2.79. The van der Waals surface area contributed by atoms with Crippen LogP contribution in [0.25, 0.3) is 0 Å². The Morgan fingerprint density at radius 3 is 2.52 bits per heavy atom. The number of phenolic OH excluding ortho intramolecular Hbond substituents is 1. The number of hydrogen-bond acceptors (Lipinski definition) is 7. The molecule has 0 radical (unpaired) electrons. The number of aromatic hydroxyl groups is 1. The van der Waals surface area contributed by atoms with Crippen molar-refractivity contribution in [1.82, 2.24) is 15.4 Å². The van der Waals surface area contributed by atoms with Gasteiger partial charge >= 0.3 is 5.69 Å². The van der Waals surface area contributed by atoms with Gasteiger partial charge in [0.15, 0.2) is 11.7 Å². The molecule has 2 N–H and O–H groups in total. The zero-order valence-corrected chi connectivity index (χ0v) is 13.9. The molecular weight excluding hydrogens is 348 g/mol. The van der Waals surface area contributed by atoms with E-state index in [2.05, 4.69) is 25.5 Å². The third kappa shape index (κ3) is 4.48. The van der Waals surface area contributed by atoms with Crippen LogP contribution in [0.3, 0.4) is 0 Å². The first-order valence-electron chi connectivity index (χ1n) is 7.82. The summed E-state index contributed by atoms with van der Waals surface area (Å²) in [5, 5.41) is 24.9. The Hall–Kier alpha value is -4.14. The third-order valence-electron chi connectivity index (χ3n) is 3.40. The molecule has 2 heterocycles. The lowest BCUT2D eigenvalue weighted by Crippen LogP contribution is -2.20. The van der Waals surface area contributed by atoms with Crippen LogP contribution in [0, 0.1) is 10.1 Å². The van der Waals surface area contributed by atoms with Crippen molar-refractivity contribution in [3.8, 4) is 5.75 Å². The van der Waals surface area contributed by atoms with Crippen molar-refractivity contribution in [2.75, 3.05) is 0 Å². The Balaban J connectivity index is 1.88. The molecule has 0 bridgehead atoms. The number of hydrogen-bond donors (Lipinski definition) is 2. The Labute approximate surface area is 153 Å². The molecule has 0 atom stereocenters. The highest BCUT2D eigenvalue weighted by atomic mass is 16.6. The van der Waals surface area contributed by atoms with Gasteiger partial charge in [-0.15, -0.1) is 0 Å². The SMILES string of the molecule is O=[N+]([O-])c1cccc(C=NNC(=Nc2ccccn2)c2ccccn2)c1O. The second-order valence-corrected chi connectivity index (χ2v) is 5.21. The lowest BCUT2D eigenvalue weighted by molar-refractivity contribution is -0.385. The Morgan fingerprint density at radius 2 is 1.85 bits per heavy atom. The van der Waals surface area contributed by atoms with Crippen LogP contribution in [0.1, 0.15) is 11.3 Å². The number of aromatic nitrogens is 2. The Kier molecular flexibility index (Phi) is 5.43. The average molecular weight is 362 g/mol. The fraction of sp³-hybridized carbons (Fsp3) is 0. The monoisotopic (exact) mass is 362 g/mol. The number of phenols is 1. The molecule has 0 fully saturated rings. The van der Waals surface area contributed by atoms with Crippen molar-refractivity contribution < 1.29 is 10.0 Å². The first-order valence-corrected chi connectivity index (χ1v) is 7.82. The van der Waals surface area contributed by atoms with Gasteiger partial charge in [-0.3, -0.25) is 20.5 Å². The molecule has 0 aliphatic carbocycles. The standard InChI is InChI=1S/C18H14N6O3/c25-17-13(6-5-8-15(17)24(26)27)12-21-23-18(14-7-1-3-10-19-14)22-16-9-2-4-11-20-16/h1-12,25H,(H,20,22,23). The van der Waals surface area contributed by atoms with Gasteiger partial charge < -0.3 is 5.11 Å². The van der Waals surface area contributed by atoms with E-state index in [-0.39, 0.29) is 5.56 Å². The van der Waals surface area contributed by atoms with Gasteiger partial charge in [0.25, 0.3) is 0 Å². The number of amidine groups is 1. The average Bonchev–Trinajstić information content (AvgIpc) is 2.69. The van der Waals surface area contributed by atoms with E-state index in [1.54, 1.807) is 48.8 Å². The number of nitro groups is 1. The highest BCUT2D eigenvalue weighted by molar-refractivity contribution is 5.99. The lowest BCUT2D eigenvalue weighted by atomic mass is 10.2. The van der Waals surface area contributed by atoms with E-state index in [0.29, 0.717) is 17.3 Å². The molecule has 0 saturated heterocycles. The summed E-state index contributed by atoms with van der Waals surface area (Å²) in [6, 6.07) is 14.8. The number of hydrazone groups is 1. The molecule has 27 heavy (non-hydrogen) atoms. The van der Waals surface area contributed by atoms with E-state index in [1.165, 1.54) is 24.4 Å². The van der Waals surface area contributed by atoms with E-state index in [0.717, 1.165) is 0 Å². The number of nitro benzene ring substituents is 1. The molecule has 2 aromatic heterocycles. The van der Waals surface area contributed by atoms with Gasteiger partial charge in [-0.05, 0) is 30.3 Å². The van der Waals surface area contributed by atoms with Gasteiger partial charge in [-0.2, -0.15) is 5.10 Å². The summed E-state index contributed by atoms with van der Waals surface area (Å²) >= 11 is 0. The number of nitrogens with one attached hydrogen (secondary N) is 1. The van der Waals surface area contributed by atoms with Gasteiger partial charge in [0.2, 0.25) is 5.75 Å². The minimum absolute atomic E-state index is 0.190. The maximum absolute atomic E-state index is 10.9. The molecule has 0 aliphatic rings. The number of rotatable bonds is 5. The molecular formula is C18H14N6O3. The van der Waals surface area contributed by atoms with Crippen LogP contribution >= 0.6 is 0 Å². The fourth-order valence-corrected chi connectivity index (χ4v) is 2.14. The van der Waals surface area contributed by atoms with Gasteiger partial charge in [0.05, 0.1) is 11.1 Å². The summed E-state index contributed by atoms with van der Waals surface area (Å²) in [6.45, 7) is 0. The summed E-state index contributed by atoms with van der Waals surface area (Å²) in [7, 11) is 0. The first kappa shape index (κ1) is 17.7. The van der Waals surface area contributed by atoms with Crippen LogP contribution in [0.15, 0.2) is 77.1 Å². The van der Waals surface area contributed by atoms with Gasteiger partial charge in [0.1, 0.15) is 5.69 Å². The van der Waals surface area contributed by atoms with Crippen LogP contribution in [0.5, 0.6) is 5.75 Å². The van der Waals surface area contributed by atoms with Crippen LogP contribution in [0.2, 0.25) is 0 Å². The zero-order valence-electron chi connectivity index (χ0n) is 13.9. The normalized spacial score (nSPS) is 11.5. The van der Waals surface area contributed by atoms with E-state index >= 15 is 0 Å². The summed E-state index contributed by atoms with van der Waals surface area (Å²) < 4.78 is 0. The van der Waals surface area contributed by atoms with Gasteiger partial charge in [-0.1, -0.05) is 18.2 Å². The molecule has 9 nitrogen and oxygen atoms in total. The molecule has 134 valence electrons. The Morgan fingerprint density at radius 1 is 1.07 bits per heavy atom. The zero-order chi connectivity index (χ0) is 19.1. The second-order valence-electron chi connectivity index (χ2n) is 5.21. The third-order valence-corrected chi connectivity index (χ3v) is 3.40. The minimum Gasteiger partial charge on any atom is -0.502 e. The van der Waals surface area contributed by atoms with Crippen LogP contribution in [0.4, 0.5) is 11.5 Å². The first-order chi connectivity index (χ1) is 13.1. The Bertz CT molecular complexity index is 990. The summed E-state index contributed by atoms with van der Waals surface area (Å²) in [5.41, 5.74) is 3.07. The van der Waals surface area contributed by atoms with Crippen molar-refractivity contribution in [2.24, 2.45) is 10.1 Å². The summed E-state index contributed by atoms with van der Waals surface area (Å²) in [6.07, 6.45) is 4.49. The summed E-state index contributed by atoms with van der Waals surface area (Å²) in [4.78, 5) is 23.0. The van der Waals surface area contributed by atoms with Crippen LogP contribution in [-0.4, -0.2) is 32.0 Å². The largest absolute Gasteiger partial charge is 0.502 e. The molecule has 3 rings (SSSR count). The van der Waals surface area contributed by atoms with Crippen molar-refractivity contribution in [3.05, 3.63) is 88.4 Å². The van der Waals surface area contributed by atoms with E-state index in [4.69, 9.17) is 0 Å². The number of nitrogens with zero attached hydrogens (tertiary/aromatic N) is 5. The number of benzene rings is 1. The summed E-state index contributed by atoms with van der Waals surface area (Å²) in [5.74, 6) is 0.323. The molecule has 0 aliphatic heterocycles. The minimum atomic E-state index is -0.665. The lowest BCUT2D eigenvalue weighted by Gasteiger charge is -2.05. The molecule has 0 unspecified atom stereocenters. The van der Waals surface area contributed by atoms with Crippen molar-refractivity contribution in [2.45, 2.75) is 0 Å². The maximum Gasteiger partial charge on any atom is 0.311 e. The number of pyridine rings is 2. The smallest absolute Gasteiger partial charge is 0.311 e. The van der Waals surface area contributed by atoms with Crippen LogP contribution in [-0.2, 0) is 0 Å². The predicted molar refractivity (Wildman–Crippen MR) is 100 cm³/mol. The highest BCUT2D eigenvalue weighted by Gasteiger charge is 2.15. The van der Waals surface area contributed by atoms with Gasteiger partial charge in [-0.25, -0.2) is 9.98 Å². The number of para-hydroxylation sites is 1. The quantitative estimate of drug-likeness (QED) is 0.311. The van der Waals surface area contributed by atoms with Crippen LogP contribution < -0.4 is 5.43 Å². The second kappa shape index (κ2) is 8.30. The van der Waals surface area contributed by atoms with Crippen molar-refractivity contribution in [3.63, 3.8) is 0 Å². The number of aliphatic imine (C=N–C) groups is 1. The molecule has 1 aromatic carbocycles. The molecule has 0 saturated carbocycles.